The van der Waals surface area contributed by atoms with Crippen LogP contribution in [0.15, 0.2) is 34.9 Å². The molecule has 1 aliphatic rings. The fraction of sp³-hybridized carbons (Fsp3) is 0.450. The number of nitrogens with one attached hydrogen (secondary N) is 1. The van der Waals surface area contributed by atoms with Gasteiger partial charge in [-0.2, -0.15) is 0 Å². The van der Waals surface area contributed by atoms with Crippen LogP contribution in [0.5, 0.6) is 5.75 Å². The molecule has 1 amide bonds. The molecule has 2 aromatic rings. The number of rotatable bonds is 10. The van der Waals surface area contributed by atoms with Crippen molar-refractivity contribution in [1.29, 1.82) is 0 Å². The minimum absolute atomic E-state index is 0.0563. The Bertz CT molecular complexity index is 985. The minimum atomic E-state index is -4.71. The average molecular weight is 494 g/mol. The number of aromatic nitrogens is 2. The van der Waals surface area contributed by atoms with Gasteiger partial charge in [-0.25, -0.2) is 4.39 Å². The van der Waals surface area contributed by atoms with Gasteiger partial charge in [0.1, 0.15) is 17.7 Å². The van der Waals surface area contributed by atoms with Crippen LogP contribution in [0.2, 0.25) is 5.02 Å². The number of benzene rings is 1. The molecule has 1 saturated heterocycles. The van der Waals surface area contributed by atoms with Crippen LogP contribution in [0, 0.1) is 5.82 Å². The van der Waals surface area contributed by atoms with Gasteiger partial charge in [-0.3, -0.25) is 9.53 Å². The number of hydrogen-bond acceptors (Lipinski definition) is 7. The molecule has 180 valence electrons. The minimum Gasteiger partial charge on any atom is -0.484 e. The molecule has 13 heteroatoms. The first kappa shape index (κ1) is 24.9. The van der Waals surface area contributed by atoms with E-state index in [-0.39, 0.29) is 42.0 Å². The van der Waals surface area contributed by atoms with Crippen molar-refractivity contribution in [2.45, 2.75) is 44.3 Å². The van der Waals surface area contributed by atoms with E-state index in [4.69, 9.17) is 25.5 Å². The van der Waals surface area contributed by atoms with E-state index in [2.05, 4.69) is 26.8 Å². The Morgan fingerprint density at radius 1 is 1.30 bits per heavy atom. The van der Waals surface area contributed by atoms with E-state index in [1.165, 1.54) is 12.1 Å². The summed E-state index contributed by atoms with van der Waals surface area (Å²) in [5, 5.41) is 10.2. The Morgan fingerprint density at radius 3 is 2.82 bits per heavy atom. The molecular formula is C20H20ClF4N3O5. The maximum Gasteiger partial charge on any atom is 0.522 e. The van der Waals surface area contributed by atoms with Crippen LogP contribution in [0.4, 0.5) is 17.6 Å². The van der Waals surface area contributed by atoms with E-state index < -0.39 is 36.9 Å². The first-order valence-corrected chi connectivity index (χ1v) is 10.2. The molecule has 0 saturated carbocycles. The topological polar surface area (TPSA) is 95.7 Å². The van der Waals surface area contributed by atoms with Crippen LogP contribution >= 0.6 is 11.6 Å². The molecule has 1 aliphatic heterocycles. The lowest BCUT2D eigenvalue weighted by atomic mass is 10.2. The van der Waals surface area contributed by atoms with Gasteiger partial charge < -0.3 is 19.2 Å². The van der Waals surface area contributed by atoms with E-state index >= 15 is 0 Å². The van der Waals surface area contributed by atoms with Crippen LogP contribution in [-0.4, -0.2) is 41.8 Å². The summed E-state index contributed by atoms with van der Waals surface area (Å²) in [6.07, 6.45) is -4.69. The Hall–Kier alpha value is -2.70. The summed E-state index contributed by atoms with van der Waals surface area (Å²) < 4.78 is 69.7. The molecule has 0 radical (unpaired) electrons. The monoisotopic (exact) mass is 493 g/mol. The predicted molar refractivity (Wildman–Crippen MR) is 106 cm³/mol. The molecule has 2 heterocycles. The summed E-state index contributed by atoms with van der Waals surface area (Å²) in [5.41, 5.74) is 0.368. The van der Waals surface area contributed by atoms with Crippen molar-refractivity contribution in [3.63, 3.8) is 0 Å². The highest BCUT2D eigenvalue weighted by molar-refractivity contribution is 6.30. The Kier molecular flexibility index (Phi) is 8.27. The normalized spacial score (nSPS) is 18.3. The molecule has 1 aromatic carbocycles. The average Bonchev–Trinajstić information content (AvgIpc) is 3.40. The fourth-order valence-electron chi connectivity index (χ4n) is 2.96. The van der Waals surface area contributed by atoms with E-state index in [1.807, 2.05) is 0 Å². The summed E-state index contributed by atoms with van der Waals surface area (Å²) in [6.45, 7) is 2.78. The molecule has 1 N–H and O–H groups in total. The van der Waals surface area contributed by atoms with Gasteiger partial charge in [0.25, 0.3) is 5.91 Å². The Morgan fingerprint density at radius 2 is 2.09 bits per heavy atom. The summed E-state index contributed by atoms with van der Waals surface area (Å²) in [4.78, 5) is 11.9. The second kappa shape index (κ2) is 10.9. The predicted octanol–water partition coefficient (Wildman–Crippen LogP) is 4.26. The van der Waals surface area contributed by atoms with Gasteiger partial charge in [0, 0.05) is 18.2 Å². The molecule has 1 aromatic heterocycles. The maximum atomic E-state index is 13.4. The van der Waals surface area contributed by atoms with Crippen molar-refractivity contribution in [3.8, 4) is 5.75 Å². The number of aryl methyl sites for hydroxylation is 1. The molecule has 3 rings (SSSR count). The molecule has 0 aliphatic carbocycles. The van der Waals surface area contributed by atoms with Crippen LogP contribution in [0.1, 0.15) is 37.1 Å². The zero-order valence-corrected chi connectivity index (χ0v) is 17.9. The number of allylic oxidation sites excluding steroid dienone is 1. The Balaban J connectivity index is 1.37. The molecule has 0 unspecified atom stereocenters. The van der Waals surface area contributed by atoms with Gasteiger partial charge in [-0.05, 0) is 31.4 Å². The van der Waals surface area contributed by atoms with E-state index in [0.717, 1.165) is 6.07 Å². The van der Waals surface area contributed by atoms with E-state index in [1.54, 1.807) is 0 Å². The van der Waals surface area contributed by atoms with Crippen molar-refractivity contribution >= 4 is 17.5 Å². The van der Waals surface area contributed by atoms with Crippen LogP contribution in [0.25, 0.3) is 0 Å². The second-order valence-corrected chi connectivity index (χ2v) is 7.54. The third kappa shape index (κ3) is 7.98. The number of hydrogen-bond donors (Lipinski definition) is 1. The van der Waals surface area contributed by atoms with Crippen molar-refractivity contribution in [3.05, 3.63) is 53.1 Å². The molecule has 8 nitrogen and oxygen atoms in total. The largest absolute Gasteiger partial charge is 0.522 e. The first-order chi connectivity index (χ1) is 15.6. The van der Waals surface area contributed by atoms with Gasteiger partial charge >= 0.3 is 6.36 Å². The highest BCUT2D eigenvalue weighted by Gasteiger charge is 2.35. The molecule has 0 bridgehead atoms. The molecule has 0 spiro atoms. The number of alkyl halides is 3. The first-order valence-electron chi connectivity index (χ1n) is 9.83. The summed E-state index contributed by atoms with van der Waals surface area (Å²) in [5.74, 6) is -0.582. The van der Waals surface area contributed by atoms with E-state index in [9.17, 15) is 22.4 Å². The van der Waals surface area contributed by atoms with Crippen molar-refractivity contribution in [2.75, 3.05) is 13.2 Å². The zero-order chi connectivity index (χ0) is 24.0. The zero-order valence-electron chi connectivity index (χ0n) is 17.2. The summed E-state index contributed by atoms with van der Waals surface area (Å²) >= 11 is 5.58. The quantitative estimate of drug-likeness (QED) is 0.494. The lowest BCUT2D eigenvalue weighted by molar-refractivity contribution is -0.331. The van der Waals surface area contributed by atoms with Gasteiger partial charge in [-0.15, -0.1) is 23.4 Å². The fourth-order valence-corrected chi connectivity index (χ4v) is 3.08. The number of nitrogens with zero attached hydrogens (tertiary/aromatic N) is 2. The SMILES string of the molecule is C=C(CCc1nnc([C@H]2CC[C@@H](COC(F)(F)F)O2)o1)NC(=O)COc1ccc(Cl)c(F)c1. The molecule has 33 heavy (non-hydrogen) atoms. The highest BCUT2D eigenvalue weighted by atomic mass is 35.5. The summed E-state index contributed by atoms with van der Waals surface area (Å²) in [6, 6.07) is 3.81. The van der Waals surface area contributed by atoms with Crippen LogP contribution < -0.4 is 10.1 Å². The standard InChI is InChI=1S/C20H20ClF4N3O5/c1-11(26-17(29)10-30-12-3-5-14(21)15(22)8-12)2-7-18-27-28-19(33-18)16-6-4-13(32-16)9-31-20(23,24)25/h3,5,8,13,16H,1-2,4,6-7,9-10H2,(H,26,29)/t13-,16+/m0/s1. The van der Waals surface area contributed by atoms with Gasteiger partial charge in [0.2, 0.25) is 11.8 Å². The third-order valence-electron chi connectivity index (χ3n) is 4.52. The molecule has 1 fully saturated rings. The van der Waals surface area contributed by atoms with Gasteiger partial charge in [0.05, 0.1) is 17.7 Å². The van der Waals surface area contributed by atoms with Crippen molar-refractivity contribution in [1.82, 2.24) is 15.5 Å². The van der Waals surface area contributed by atoms with Crippen LogP contribution in [-0.2, 0) is 20.7 Å². The number of carbonyl (C=O) groups excluding carboxylic acids is 1. The van der Waals surface area contributed by atoms with Crippen molar-refractivity contribution in [2.24, 2.45) is 0 Å². The highest BCUT2D eigenvalue weighted by Crippen LogP contribution is 2.33. The summed E-state index contributed by atoms with van der Waals surface area (Å²) in [7, 11) is 0. The number of carbonyl (C=O) groups is 1. The van der Waals surface area contributed by atoms with Gasteiger partial charge in [-0.1, -0.05) is 18.2 Å². The third-order valence-corrected chi connectivity index (χ3v) is 4.82. The lowest BCUT2D eigenvalue weighted by Gasteiger charge is -2.13. The van der Waals surface area contributed by atoms with Gasteiger partial charge in [0.15, 0.2) is 6.61 Å². The second-order valence-electron chi connectivity index (χ2n) is 7.13. The maximum absolute atomic E-state index is 13.4. The van der Waals surface area contributed by atoms with Crippen molar-refractivity contribution < 1.29 is 41.0 Å². The Labute approximate surface area is 190 Å². The molecule has 2 atom stereocenters. The number of ether oxygens (including phenoxy) is 3. The van der Waals surface area contributed by atoms with Crippen LogP contribution in [0.3, 0.4) is 0 Å². The lowest BCUT2D eigenvalue weighted by Crippen LogP contribution is -2.28. The van der Waals surface area contributed by atoms with E-state index in [0.29, 0.717) is 18.5 Å². The number of amides is 1. The molecular weight excluding hydrogens is 474 g/mol. The number of halogens is 5. The smallest absolute Gasteiger partial charge is 0.484 e.